The Hall–Kier alpha value is -0.530. The lowest BCUT2D eigenvalue weighted by molar-refractivity contribution is 0.609. The first-order valence-electron chi connectivity index (χ1n) is 4.71. The van der Waals surface area contributed by atoms with E-state index >= 15 is 0 Å². The van der Waals surface area contributed by atoms with Crippen molar-refractivity contribution in [3.8, 4) is 0 Å². The molecular weight excluding hydrogens is 182 g/mol. The Kier molecular flexibility index (Phi) is 2.31. The molecule has 1 aliphatic rings. The highest BCUT2D eigenvalue weighted by molar-refractivity contribution is 6.30. The van der Waals surface area contributed by atoms with Crippen molar-refractivity contribution in [2.24, 2.45) is 5.73 Å². The van der Waals surface area contributed by atoms with Gasteiger partial charge in [-0.05, 0) is 43.4 Å². The van der Waals surface area contributed by atoms with Crippen molar-refractivity contribution >= 4 is 11.6 Å². The molecule has 70 valence electrons. The van der Waals surface area contributed by atoms with Crippen LogP contribution in [0.25, 0.3) is 0 Å². The van der Waals surface area contributed by atoms with Gasteiger partial charge in [0.25, 0.3) is 0 Å². The summed E-state index contributed by atoms with van der Waals surface area (Å²) in [5, 5.41) is 0.819. The molecule has 2 rings (SSSR count). The Morgan fingerprint density at radius 3 is 2.77 bits per heavy atom. The molecule has 1 nitrogen and oxygen atoms in total. The fourth-order valence-corrected chi connectivity index (χ4v) is 1.71. The predicted octanol–water partition coefficient (Wildman–Crippen LogP) is 2.76. The molecule has 0 aliphatic heterocycles. The zero-order valence-electron chi connectivity index (χ0n) is 7.59. The zero-order chi connectivity index (χ0) is 9.31. The van der Waals surface area contributed by atoms with E-state index in [0.717, 1.165) is 17.9 Å². The minimum absolute atomic E-state index is 0.155. The first-order valence-corrected chi connectivity index (χ1v) is 5.09. The van der Waals surface area contributed by atoms with Gasteiger partial charge in [0.1, 0.15) is 0 Å². The second kappa shape index (κ2) is 3.32. The lowest BCUT2D eigenvalue weighted by Gasteiger charge is -2.07. The predicted molar refractivity (Wildman–Crippen MR) is 55.9 cm³/mol. The van der Waals surface area contributed by atoms with E-state index in [2.05, 4.69) is 6.07 Å². The van der Waals surface area contributed by atoms with Gasteiger partial charge in [0.2, 0.25) is 0 Å². The molecule has 1 aliphatic carbocycles. The van der Waals surface area contributed by atoms with E-state index in [-0.39, 0.29) is 5.54 Å². The van der Waals surface area contributed by atoms with E-state index in [9.17, 15) is 0 Å². The maximum absolute atomic E-state index is 6.00. The fourth-order valence-electron chi connectivity index (χ4n) is 1.50. The summed E-state index contributed by atoms with van der Waals surface area (Å²) < 4.78 is 0. The van der Waals surface area contributed by atoms with Crippen LogP contribution in [0.2, 0.25) is 5.02 Å². The van der Waals surface area contributed by atoms with Crippen molar-refractivity contribution in [3.05, 3.63) is 34.9 Å². The molecule has 2 heteroatoms. The van der Waals surface area contributed by atoms with Crippen LogP contribution >= 0.6 is 11.6 Å². The second-order valence-electron chi connectivity index (χ2n) is 3.99. The fraction of sp³-hybridized carbons (Fsp3) is 0.455. The van der Waals surface area contributed by atoms with Gasteiger partial charge in [-0.1, -0.05) is 23.7 Å². The smallest absolute Gasteiger partial charge is 0.0408 e. The van der Waals surface area contributed by atoms with Crippen molar-refractivity contribution in [1.82, 2.24) is 0 Å². The third-order valence-corrected chi connectivity index (χ3v) is 2.93. The molecule has 0 bridgehead atoms. The van der Waals surface area contributed by atoms with Gasteiger partial charge in [-0.2, -0.15) is 0 Å². The largest absolute Gasteiger partial charge is 0.325 e. The van der Waals surface area contributed by atoms with E-state index in [1.165, 1.54) is 18.4 Å². The maximum atomic E-state index is 6.00. The highest BCUT2D eigenvalue weighted by Gasteiger charge is 2.37. The van der Waals surface area contributed by atoms with Crippen molar-refractivity contribution in [3.63, 3.8) is 0 Å². The third-order valence-electron chi connectivity index (χ3n) is 2.69. The molecule has 1 saturated carbocycles. The Balaban J connectivity index is 1.94. The minimum Gasteiger partial charge on any atom is -0.325 e. The van der Waals surface area contributed by atoms with Crippen LogP contribution < -0.4 is 5.73 Å². The zero-order valence-corrected chi connectivity index (χ0v) is 8.35. The summed E-state index contributed by atoms with van der Waals surface area (Å²) in [6, 6.07) is 8.03. The molecule has 0 unspecified atom stereocenters. The molecule has 0 spiro atoms. The van der Waals surface area contributed by atoms with Crippen molar-refractivity contribution < 1.29 is 0 Å². The van der Waals surface area contributed by atoms with Crippen LogP contribution in [0.4, 0.5) is 0 Å². The summed E-state index contributed by atoms with van der Waals surface area (Å²) in [6.45, 7) is 0. The second-order valence-corrected chi connectivity index (χ2v) is 4.43. The third kappa shape index (κ3) is 2.45. The number of aryl methyl sites for hydroxylation is 1. The SMILES string of the molecule is NC1(CCc2cccc(Cl)c2)CC1. The topological polar surface area (TPSA) is 26.0 Å². The molecule has 2 N–H and O–H groups in total. The van der Waals surface area contributed by atoms with Crippen LogP contribution in [-0.2, 0) is 6.42 Å². The number of benzene rings is 1. The first-order chi connectivity index (χ1) is 6.18. The van der Waals surface area contributed by atoms with Crippen molar-refractivity contribution in [2.75, 3.05) is 0 Å². The van der Waals surface area contributed by atoms with Gasteiger partial charge in [0, 0.05) is 10.6 Å². The molecule has 0 heterocycles. The standard InChI is InChI=1S/C11H14ClN/c12-10-3-1-2-9(8-10)4-5-11(13)6-7-11/h1-3,8H,4-7,13H2. The number of halogens is 1. The minimum atomic E-state index is 0.155. The molecule has 0 radical (unpaired) electrons. The normalized spacial score (nSPS) is 18.6. The molecule has 0 aromatic heterocycles. The van der Waals surface area contributed by atoms with Crippen LogP contribution in [-0.4, -0.2) is 5.54 Å². The molecule has 0 amide bonds. The van der Waals surface area contributed by atoms with Gasteiger partial charge in [-0.3, -0.25) is 0 Å². The van der Waals surface area contributed by atoms with Gasteiger partial charge >= 0.3 is 0 Å². The van der Waals surface area contributed by atoms with Gasteiger partial charge in [0.05, 0.1) is 0 Å². The number of hydrogen-bond acceptors (Lipinski definition) is 1. The molecule has 1 aromatic rings. The van der Waals surface area contributed by atoms with Crippen LogP contribution in [0.5, 0.6) is 0 Å². The van der Waals surface area contributed by atoms with Gasteiger partial charge < -0.3 is 5.73 Å². The molecule has 1 fully saturated rings. The van der Waals surface area contributed by atoms with Crippen LogP contribution in [0.15, 0.2) is 24.3 Å². The van der Waals surface area contributed by atoms with Crippen molar-refractivity contribution in [2.45, 2.75) is 31.2 Å². The maximum Gasteiger partial charge on any atom is 0.0408 e. The lowest BCUT2D eigenvalue weighted by Crippen LogP contribution is -2.22. The number of rotatable bonds is 3. The summed E-state index contributed by atoms with van der Waals surface area (Å²) in [7, 11) is 0. The Morgan fingerprint density at radius 2 is 2.15 bits per heavy atom. The molecule has 13 heavy (non-hydrogen) atoms. The molecule has 0 saturated heterocycles. The van der Waals surface area contributed by atoms with Gasteiger partial charge in [0.15, 0.2) is 0 Å². The lowest BCUT2D eigenvalue weighted by atomic mass is 10.0. The van der Waals surface area contributed by atoms with E-state index in [0.29, 0.717) is 0 Å². The number of nitrogens with two attached hydrogens (primary N) is 1. The highest BCUT2D eigenvalue weighted by Crippen LogP contribution is 2.36. The van der Waals surface area contributed by atoms with Crippen LogP contribution in [0, 0.1) is 0 Å². The quantitative estimate of drug-likeness (QED) is 0.789. The van der Waals surface area contributed by atoms with E-state index in [1.54, 1.807) is 0 Å². The Bertz CT molecular complexity index is 305. The summed E-state index contributed by atoms with van der Waals surface area (Å²) >= 11 is 5.88. The Labute approximate surface area is 83.9 Å². The van der Waals surface area contributed by atoms with E-state index in [4.69, 9.17) is 17.3 Å². The summed E-state index contributed by atoms with van der Waals surface area (Å²) in [6.07, 6.45) is 4.52. The average Bonchev–Trinajstić information content (AvgIpc) is 2.82. The van der Waals surface area contributed by atoms with Crippen LogP contribution in [0.1, 0.15) is 24.8 Å². The summed E-state index contributed by atoms with van der Waals surface area (Å²) in [5.41, 5.74) is 7.45. The van der Waals surface area contributed by atoms with Gasteiger partial charge in [-0.15, -0.1) is 0 Å². The Morgan fingerprint density at radius 1 is 1.38 bits per heavy atom. The highest BCUT2D eigenvalue weighted by atomic mass is 35.5. The average molecular weight is 196 g/mol. The monoisotopic (exact) mass is 195 g/mol. The molecular formula is C11H14ClN. The van der Waals surface area contributed by atoms with Crippen molar-refractivity contribution in [1.29, 1.82) is 0 Å². The van der Waals surface area contributed by atoms with E-state index < -0.39 is 0 Å². The van der Waals surface area contributed by atoms with Gasteiger partial charge in [-0.25, -0.2) is 0 Å². The summed E-state index contributed by atoms with van der Waals surface area (Å²) in [4.78, 5) is 0. The first kappa shape index (κ1) is 9.04. The summed E-state index contributed by atoms with van der Waals surface area (Å²) in [5.74, 6) is 0. The molecule has 1 aromatic carbocycles. The number of hydrogen-bond donors (Lipinski definition) is 1. The molecule has 0 atom stereocenters. The van der Waals surface area contributed by atoms with Crippen LogP contribution in [0.3, 0.4) is 0 Å². The van der Waals surface area contributed by atoms with E-state index in [1.807, 2.05) is 18.2 Å².